The lowest BCUT2D eigenvalue weighted by Gasteiger charge is -2.48. The molecule has 1 spiro atoms. The van der Waals surface area contributed by atoms with Crippen molar-refractivity contribution in [2.45, 2.75) is 71.0 Å². The quantitative estimate of drug-likeness (QED) is 0.921. The van der Waals surface area contributed by atoms with Crippen molar-refractivity contribution in [2.75, 3.05) is 13.1 Å². The molecule has 1 N–H and O–H groups in total. The van der Waals surface area contributed by atoms with Crippen molar-refractivity contribution in [2.24, 2.45) is 5.92 Å². The van der Waals surface area contributed by atoms with Crippen LogP contribution in [0.3, 0.4) is 0 Å². The molecule has 2 unspecified atom stereocenters. The standard InChI is InChI=1S/C17H29N3S/c1-4-13(2)15-9-18-17(7-5-6-8-17)12-20(15)10-16-19-14(3)11-21-16/h11,13,15,18H,4-10,12H2,1-3H3. The minimum atomic E-state index is 0.399. The number of hydrogen-bond acceptors (Lipinski definition) is 4. The van der Waals surface area contributed by atoms with Gasteiger partial charge in [-0.1, -0.05) is 33.1 Å². The van der Waals surface area contributed by atoms with Gasteiger partial charge in [-0.15, -0.1) is 11.3 Å². The van der Waals surface area contributed by atoms with Gasteiger partial charge in [0.25, 0.3) is 0 Å². The van der Waals surface area contributed by atoms with Gasteiger partial charge >= 0.3 is 0 Å². The molecule has 2 fully saturated rings. The van der Waals surface area contributed by atoms with E-state index in [1.165, 1.54) is 49.4 Å². The summed E-state index contributed by atoms with van der Waals surface area (Å²) in [6.45, 7) is 10.2. The van der Waals surface area contributed by atoms with Crippen LogP contribution in [0.1, 0.15) is 56.7 Å². The van der Waals surface area contributed by atoms with Crippen LogP contribution in [-0.4, -0.2) is 34.6 Å². The Bertz CT molecular complexity index is 464. The molecule has 2 atom stereocenters. The largest absolute Gasteiger partial charge is 0.308 e. The van der Waals surface area contributed by atoms with Crippen LogP contribution < -0.4 is 5.32 Å². The molecule has 21 heavy (non-hydrogen) atoms. The van der Waals surface area contributed by atoms with Crippen LogP contribution in [0, 0.1) is 12.8 Å². The fourth-order valence-corrected chi connectivity index (χ4v) is 4.85. The number of aryl methyl sites for hydroxylation is 1. The number of thiazole rings is 1. The zero-order valence-corrected chi connectivity index (χ0v) is 14.5. The minimum Gasteiger partial charge on any atom is -0.308 e. The fraction of sp³-hybridized carbons (Fsp3) is 0.824. The zero-order valence-electron chi connectivity index (χ0n) is 13.7. The van der Waals surface area contributed by atoms with Gasteiger partial charge in [0.2, 0.25) is 0 Å². The van der Waals surface area contributed by atoms with Crippen LogP contribution in [0.4, 0.5) is 0 Å². The van der Waals surface area contributed by atoms with E-state index in [-0.39, 0.29) is 0 Å². The molecule has 0 radical (unpaired) electrons. The van der Waals surface area contributed by atoms with Crippen LogP contribution in [0.25, 0.3) is 0 Å². The molecule has 1 saturated carbocycles. The van der Waals surface area contributed by atoms with E-state index in [4.69, 9.17) is 4.98 Å². The second-order valence-electron chi connectivity index (χ2n) is 7.11. The zero-order chi connectivity index (χ0) is 14.9. The van der Waals surface area contributed by atoms with E-state index >= 15 is 0 Å². The van der Waals surface area contributed by atoms with Gasteiger partial charge in [0, 0.05) is 35.7 Å². The highest BCUT2D eigenvalue weighted by Gasteiger charge is 2.42. The van der Waals surface area contributed by atoms with Gasteiger partial charge in [0.05, 0.1) is 6.54 Å². The smallest absolute Gasteiger partial charge is 0.107 e. The van der Waals surface area contributed by atoms with E-state index in [9.17, 15) is 0 Å². The van der Waals surface area contributed by atoms with Gasteiger partial charge in [0.15, 0.2) is 0 Å². The normalized spacial score (nSPS) is 27.3. The molecule has 1 aromatic heterocycles. The SMILES string of the molecule is CCC(C)C1CNC2(CCCC2)CN1Cc1nc(C)cs1. The monoisotopic (exact) mass is 307 g/mol. The molecule has 1 aliphatic carbocycles. The van der Waals surface area contributed by atoms with E-state index < -0.39 is 0 Å². The molecule has 2 aliphatic rings. The topological polar surface area (TPSA) is 28.2 Å². The van der Waals surface area contributed by atoms with Crippen molar-refractivity contribution in [1.29, 1.82) is 0 Å². The summed E-state index contributed by atoms with van der Waals surface area (Å²) in [7, 11) is 0. The average molecular weight is 308 g/mol. The number of nitrogens with zero attached hydrogens (tertiary/aromatic N) is 2. The number of rotatable bonds is 4. The Kier molecular flexibility index (Phi) is 4.67. The number of hydrogen-bond donors (Lipinski definition) is 1. The minimum absolute atomic E-state index is 0.399. The maximum atomic E-state index is 4.70. The molecule has 2 heterocycles. The molecule has 1 aliphatic heterocycles. The second-order valence-corrected chi connectivity index (χ2v) is 8.05. The lowest BCUT2D eigenvalue weighted by molar-refractivity contribution is 0.0455. The first-order chi connectivity index (χ1) is 10.1. The molecule has 4 heteroatoms. The summed E-state index contributed by atoms with van der Waals surface area (Å²) in [5, 5.41) is 7.39. The highest BCUT2D eigenvalue weighted by molar-refractivity contribution is 7.09. The van der Waals surface area contributed by atoms with Crippen molar-refractivity contribution < 1.29 is 0 Å². The Labute approximate surface area is 133 Å². The molecule has 1 saturated heterocycles. The van der Waals surface area contributed by atoms with Crippen LogP contribution in [0.2, 0.25) is 0 Å². The Morgan fingerprint density at radius 2 is 2.24 bits per heavy atom. The van der Waals surface area contributed by atoms with Gasteiger partial charge in [-0.2, -0.15) is 0 Å². The molecular formula is C17H29N3S. The summed E-state index contributed by atoms with van der Waals surface area (Å²) in [6.07, 6.45) is 6.75. The van der Waals surface area contributed by atoms with Crippen LogP contribution in [-0.2, 0) is 6.54 Å². The molecule has 3 rings (SSSR count). The third-order valence-electron chi connectivity index (χ3n) is 5.53. The molecule has 0 bridgehead atoms. The Hall–Kier alpha value is -0.450. The summed E-state index contributed by atoms with van der Waals surface area (Å²) in [6, 6.07) is 0.658. The molecule has 0 aromatic carbocycles. The fourth-order valence-electron chi connectivity index (χ4n) is 4.05. The van der Waals surface area contributed by atoms with E-state index in [0.29, 0.717) is 11.6 Å². The number of aromatic nitrogens is 1. The van der Waals surface area contributed by atoms with Crippen LogP contribution in [0.15, 0.2) is 5.38 Å². The number of nitrogens with one attached hydrogen (secondary N) is 1. The Balaban J connectivity index is 1.75. The molecule has 3 nitrogen and oxygen atoms in total. The first kappa shape index (κ1) is 15.4. The van der Waals surface area contributed by atoms with E-state index in [1.807, 2.05) is 11.3 Å². The summed E-state index contributed by atoms with van der Waals surface area (Å²) < 4.78 is 0. The molecule has 1 aromatic rings. The van der Waals surface area contributed by atoms with Gasteiger partial charge in [0.1, 0.15) is 5.01 Å². The van der Waals surface area contributed by atoms with E-state index in [1.54, 1.807) is 0 Å². The first-order valence-electron chi connectivity index (χ1n) is 8.52. The maximum absolute atomic E-state index is 4.70. The van der Waals surface area contributed by atoms with Crippen molar-refractivity contribution in [3.05, 3.63) is 16.1 Å². The van der Waals surface area contributed by atoms with Gasteiger partial charge < -0.3 is 5.32 Å². The van der Waals surface area contributed by atoms with Crippen molar-refractivity contribution in [1.82, 2.24) is 15.2 Å². The molecular weight excluding hydrogens is 278 g/mol. The first-order valence-corrected chi connectivity index (χ1v) is 9.40. The second kappa shape index (κ2) is 6.35. The van der Waals surface area contributed by atoms with Crippen molar-refractivity contribution >= 4 is 11.3 Å². The van der Waals surface area contributed by atoms with Gasteiger partial charge in [-0.3, -0.25) is 4.90 Å². The maximum Gasteiger partial charge on any atom is 0.107 e. The average Bonchev–Trinajstić information content (AvgIpc) is 3.08. The third kappa shape index (κ3) is 3.33. The van der Waals surface area contributed by atoms with Gasteiger partial charge in [-0.05, 0) is 25.7 Å². The van der Waals surface area contributed by atoms with Crippen LogP contribution >= 0.6 is 11.3 Å². The summed E-state index contributed by atoms with van der Waals surface area (Å²) in [4.78, 5) is 7.43. The summed E-state index contributed by atoms with van der Waals surface area (Å²) in [5.41, 5.74) is 1.57. The lowest BCUT2D eigenvalue weighted by Crippen LogP contribution is -2.64. The highest BCUT2D eigenvalue weighted by atomic mass is 32.1. The number of piperazine rings is 1. The van der Waals surface area contributed by atoms with Gasteiger partial charge in [-0.25, -0.2) is 4.98 Å². The lowest BCUT2D eigenvalue weighted by atomic mass is 9.87. The Morgan fingerprint density at radius 3 is 2.86 bits per heavy atom. The Morgan fingerprint density at radius 1 is 1.48 bits per heavy atom. The van der Waals surface area contributed by atoms with Crippen LogP contribution in [0.5, 0.6) is 0 Å². The summed E-state index contributed by atoms with van der Waals surface area (Å²) in [5.74, 6) is 0.748. The summed E-state index contributed by atoms with van der Waals surface area (Å²) >= 11 is 1.82. The highest BCUT2D eigenvalue weighted by Crippen LogP contribution is 2.35. The predicted octanol–water partition coefficient (Wildman–Crippen LogP) is 3.58. The van der Waals surface area contributed by atoms with Crippen molar-refractivity contribution in [3.63, 3.8) is 0 Å². The van der Waals surface area contributed by atoms with Crippen molar-refractivity contribution in [3.8, 4) is 0 Å². The molecule has 0 amide bonds. The third-order valence-corrected chi connectivity index (χ3v) is 6.48. The molecule has 118 valence electrons. The predicted molar refractivity (Wildman–Crippen MR) is 89.7 cm³/mol. The van der Waals surface area contributed by atoms with E-state index in [2.05, 4.69) is 36.4 Å². The van der Waals surface area contributed by atoms with E-state index in [0.717, 1.165) is 19.0 Å².